The largest absolute Gasteiger partial charge is 0.373 e. The molecule has 5 heteroatoms. The van der Waals surface area contributed by atoms with Crippen molar-refractivity contribution in [3.8, 4) is 0 Å². The van der Waals surface area contributed by atoms with Crippen LogP contribution in [0.25, 0.3) is 10.8 Å². The number of rotatable bonds is 7. The number of ether oxygens (including phenoxy) is 3. The molecule has 1 aliphatic heterocycles. The summed E-state index contributed by atoms with van der Waals surface area (Å²) in [5.41, 5.74) is 2.75. The minimum Gasteiger partial charge on any atom is -0.373 e. The molecule has 0 spiro atoms. The third kappa shape index (κ3) is 5.01. The molecule has 0 aromatic heterocycles. The second kappa shape index (κ2) is 9.88. The molecule has 0 atom stereocenters. The van der Waals surface area contributed by atoms with Gasteiger partial charge in [0, 0.05) is 22.6 Å². The monoisotopic (exact) mass is 428 g/mol. The Hall–Kier alpha value is -1.98. The molecule has 1 saturated heterocycles. The number of hydrogen-bond donors (Lipinski definition) is 0. The summed E-state index contributed by atoms with van der Waals surface area (Å²) in [5.74, 6) is -0.161. The molecular formula is C25H26ClFO3. The van der Waals surface area contributed by atoms with E-state index < -0.39 is 6.29 Å². The molecule has 3 aromatic carbocycles. The fourth-order valence-electron chi connectivity index (χ4n) is 3.68. The highest BCUT2D eigenvalue weighted by atomic mass is 35.5. The SMILES string of the molecule is CCCOC1COC(c2ccc3c(F)c(CCc4ccc(Cl)cc4)ccc3c2)OC1. The van der Waals surface area contributed by atoms with Gasteiger partial charge in [-0.2, -0.15) is 0 Å². The highest BCUT2D eigenvalue weighted by molar-refractivity contribution is 6.30. The van der Waals surface area contributed by atoms with E-state index in [9.17, 15) is 0 Å². The van der Waals surface area contributed by atoms with Crippen LogP contribution in [0.5, 0.6) is 0 Å². The van der Waals surface area contributed by atoms with Crippen LogP contribution in [-0.2, 0) is 27.1 Å². The minimum absolute atomic E-state index is 0.0256. The van der Waals surface area contributed by atoms with Crippen LogP contribution >= 0.6 is 11.6 Å². The molecule has 0 radical (unpaired) electrons. The summed E-state index contributed by atoms with van der Waals surface area (Å²) in [6, 6.07) is 17.2. The highest BCUT2D eigenvalue weighted by Crippen LogP contribution is 2.29. The van der Waals surface area contributed by atoms with Gasteiger partial charge in [-0.3, -0.25) is 0 Å². The Kier molecular flexibility index (Phi) is 7.00. The molecule has 3 aromatic rings. The van der Waals surface area contributed by atoms with E-state index in [1.165, 1.54) is 0 Å². The molecule has 1 fully saturated rings. The molecule has 4 rings (SSSR count). The van der Waals surface area contributed by atoms with Gasteiger partial charge in [0.05, 0.1) is 13.2 Å². The van der Waals surface area contributed by atoms with Gasteiger partial charge in [-0.15, -0.1) is 0 Å². The summed E-state index contributed by atoms with van der Waals surface area (Å²) in [6.45, 7) is 3.78. The second-order valence-corrected chi connectivity index (χ2v) is 8.07. The quantitative estimate of drug-likeness (QED) is 0.444. The van der Waals surface area contributed by atoms with Gasteiger partial charge in [-0.05, 0) is 54.0 Å². The van der Waals surface area contributed by atoms with Gasteiger partial charge in [0.15, 0.2) is 6.29 Å². The van der Waals surface area contributed by atoms with Crippen molar-refractivity contribution >= 4 is 22.4 Å². The first-order chi connectivity index (χ1) is 14.6. The van der Waals surface area contributed by atoms with Crippen molar-refractivity contribution in [2.45, 2.75) is 38.6 Å². The van der Waals surface area contributed by atoms with Crippen LogP contribution in [0.3, 0.4) is 0 Å². The van der Waals surface area contributed by atoms with E-state index in [1.54, 1.807) is 0 Å². The molecule has 0 N–H and O–H groups in total. The van der Waals surface area contributed by atoms with Gasteiger partial charge >= 0.3 is 0 Å². The first-order valence-electron chi connectivity index (χ1n) is 10.4. The van der Waals surface area contributed by atoms with Crippen molar-refractivity contribution in [3.63, 3.8) is 0 Å². The maximum absolute atomic E-state index is 15.1. The Labute approximate surface area is 181 Å². The maximum atomic E-state index is 15.1. The number of aryl methyl sites for hydroxylation is 2. The molecule has 0 bridgehead atoms. The Morgan fingerprint density at radius 3 is 2.50 bits per heavy atom. The molecule has 0 aliphatic carbocycles. The second-order valence-electron chi connectivity index (χ2n) is 7.64. The van der Waals surface area contributed by atoms with E-state index in [1.807, 2.05) is 54.6 Å². The van der Waals surface area contributed by atoms with Crippen molar-refractivity contribution in [3.05, 3.63) is 82.1 Å². The summed E-state index contributed by atoms with van der Waals surface area (Å²) in [4.78, 5) is 0. The number of benzene rings is 3. The van der Waals surface area contributed by atoms with Crippen LogP contribution < -0.4 is 0 Å². The zero-order valence-electron chi connectivity index (χ0n) is 17.1. The molecule has 1 aliphatic rings. The number of halogens is 2. The fourth-order valence-corrected chi connectivity index (χ4v) is 3.81. The maximum Gasteiger partial charge on any atom is 0.184 e. The van der Waals surface area contributed by atoms with Crippen LogP contribution in [-0.4, -0.2) is 25.9 Å². The van der Waals surface area contributed by atoms with Crippen LogP contribution in [0, 0.1) is 5.82 Å². The van der Waals surface area contributed by atoms with E-state index >= 15 is 4.39 Å². The van der Waals surface area contributed by atoms with Crippen molar-refractivity contribution in [1.82, 2.24) is 0 Å². The Morgan fingerprint density at radius 1 is 1.00 bits per heavy atom. The Bertz CT molecular complexity index is 982. The van der Waals surface area contributed by atoms with Crippen LogP contribution in [0.15, 0.2) is 54.6 Å². The highest BCUT2D eigenvalue weighted by Gasteiger charge is 2.24. The molecule has 1 heterocycles. The van der Waals surface area contributed by atoms with Crippen LogP contribution in [0.2, 0.25) is 5.02 Å². The van der Waals surface area contributed by atoms with E-state index in [2.05, 4.69) is 6.92 Å². The lowest BCUT2D eigenvalue weighted by Crippen LogP contribution is -2.33. The van der Waals surface area contributed by atoms with Crippen molar-refractivity contribution < 1.29 is 18.6 Å². The van der Waals surface area contributed by atoms with Gasteiger partial charge in [0.25, 0.3) is 0 Å². The predicted octanol–water partition coefficient (Wildman–Crippen LogP) is 6.26. The smallest absolute Gasteiger partial charge is 0.184 e. The predicted molar refractivity (Wildman–Crippen MR) is 117 cm³/mol. The minimum atomic E-state index is -0.441. The van der Waals surface area contributed by atoms with E-state index in [0.29, 0.717) is 42.2 Å². The van der Waals surface area contributed by atoms with Crippen molar-refractivity contribution in [2.75, 3.05) is 19.8 Å². The van der Waals surface area contributed by atoms with E-state index in [-0.39, 0.29) is 11.9 Å². The molecule has 0 amide bonds. The molecule has 158 valence electrons. The van der Waals surface area contributed by atoms with Gasteiger partial charge in [0.1, 0.15) is 11.9 Å². The summed E-state index contributed by atoms with van der Waals surface area (Å²) >= 11 is 5.93. The fraction of sp³-hybridized carbons (Fsp3) is 0.360. The topological polar surface area (TPSA) is 27.7 Å². The summed E-state index contributed by atoms with van der Waals surface area (Å²) < 4.78 is 32.4. The van der Waals surface area contributed by atoms with E-state index in [0.717, 1.165) is 29.4 Å². The Balaban J connectivity index is 1.44. The first kappa shape index (κ1) is 21.3. The third-order valence-electron chi connectivity index (χ3n) is 5.35. The summed E-state index contributed by atoms with van der Waals surface area (Å²) in [5, 5.41) is 2.17. The molecule has 30 heavy (non-hydrogen) atoms. The molecule has 0 unspecified atom stereocenters. The number of hydrogen-bond acceptors (Lipinski definition) is 3. The Morgan fingerprint density at radius 2 is 1.77 bits per heavy atom. The summed E-state index contributed by atoms with van der Waals surface area (Å²) in [6.07, 6.45) is 1.91. The lowest BCUT2D eigenvalue weighted by Gasteiger charge is -2.29. The van der Waals surface area contributed by atoms with Gasteiger partial charge in [-0.1, -0.05) is 54.9 Å². The average Bonchev–Trinajstić information content (AvgIpc) is 2.78. The lowest BCUT2D eigenvalue weighted by molar-refractivity contribution is -0.230. The zero-order valence-corrected chi connectivity index (χ0v) is 17.8. The van der Waals surface area contributed by atoms with Gasteiger partial charge in [-0.25, -0.2) is 4.39 Å². The molecule has 3 nitrogen and oxygen atoms in total. The first-order valence-corrected chi connectivity index (χ1v) is 10.8. The van der Waals surface area contributed by atoms with Crippen LogP contribution in [0.1, 0.15) is 36.3 Å². The summed E-state index contributed by atoms with van der Waals surface area (Å²) in [7, 11) is 0. The molecule has 0 saturated carbocycles. The lowest BCUT2D eigenvalue weighted by atomic mass is 9.99. The van der Waals surface area contributed by atoms with Gasteiger partial charge in [0.2, 0.25) is 0 Å². The van der Waals surface area contributed by atoms with Gasteiger partial charge < -0.3 is 14.2 Å². The normalized spacial score (nSPS) is 19.3. The third-order valence-corrected chi connectivity index (χ3v) is 5.60. The van der Waals surface area contributed by atoms with E-state index in [4.69, 9.17) is 25.8 Å². The molecular weight excluding hydrogens is 403 g/mol. The van der Waals surface area contributed by atoms with Crippen molar-refractivity contribution in [1.29, 1.82) is 0 Å². The average molecular weight is 429 g/mol. The zero-order chi connectivity index (χ0) is 20.9. The van der Waals surface area contributed by atoms with Crippen LogP contribution in [0.4, 0.5) is 4.39 Å². The number of fused-ring (bicyclic) bond motifs is 1. The van der Waals surface area contributed by atoms with Crippen molar-refractivity contribution in [2.24, 2.45) is 0 Å². The standard InChI is InChI=1S/C25H26ClFO3/c1-2-13-28-22-15-29-25(30-16-22)20-9-12-23-19(14-20)8-7-18(24(23)27)6-3-17-4-10-21(26)11-5-17/h4-5,7-12,14,22,25H,2-3,6,13,15-16H2,1H3.